The summed E-state index contributed by atoms with van der Waals surface area (Å²) in [7, 11) is 0. The Bertz CT molecular complexity index is 489. The van der Waals surface area contributed by atoms with Gasteiger partial charge in [0.05, 0.1) is 6.04 Å². The summed E-state index contributed by atoms with van der Waals surface area (Å²) in [6, 6.07) is 8.03. The number of hydrogen-bond donors (Lipinski definition) is 1. The van der Waals surface area contributed by atoms with E-state index in [-0.39, 0.29) is 36.8 Å². The van der Waals surface area contributed by atoms with Crippen LogP contribution in [0.25, 0.3) is 0 Å². The minimum absolute atomic E-state index is 0. The predicted octanol–water partition coefficient (Wildman–Crippen LogP) is 2.49. The predicted molar refractivity (Wildman–Crippen MR) is 102 cm³/mol. The summed E-state index contributed by atoms with van der Waals surface area (Å²) < 4.78 is 0. The second-order valence-electron chi connectivity index (χ2n) is 5.50. The van der Waals surface area contributed by atoms with E-state index in [9.17, 15) is 4.79 Å². The van der Waals surface area contributed by atoms with Gasteiger partial charge in [0.2, 0.25) is 5.91 Å². The lowest BCUT2D eigenvalue weighted by Gasteiger charge is -2.35. The standard InChI is InChI=1S/C15H20ClN3OS.2ClH/c16-13-3-1-12(2-4-13)9-18-5-7-19(8-6-18)15(20)14-10-21-11-17-14;;/h1-4,14,17H,5-11H2;2*1H. The lowest BCUT2D eigenvalue weighted by Crippen LogP contribution is -2.53. The van der Waals surface area contributed by atoms with Crippen molar-refractivity contribution in [3.63, 3.8) is 0 Å². The highest BCUT2D eigenvalue weighted by Gasteiger charge is 2.29. The third-order valence-corrected chi connectivity index (χ3v) is 5.21. The van der Waals surface area contributed by atoms with E-state index in [1.165, 1.54) is 5.56 Å². The van der Waals surface area contributed by atoms with E-state index < -0.39 is 0 Å². The van der Waals surface area contributed by atoms with Crippen LogP contribution < -0.4 is 5.32 Å². The fraction of sp³-hybridized carbons (Fsp3) is 0.533. The normalized spacial score (nSPS) is 21.4. The zero-order valence-electron chi connectivity index (χ0n) is 12.7. The van der Waals surface area contributed by atoms with Crippen molar-refractivity contribution in [2.75, 3.05) is 37.8 Å². The van der Waals surface area contributed by atoms with Gasteiger partial charge in [0.25, 0.3) is 0 Å². The van der Waals surface area contributed by atoms with E-state index in [0.717, 1.165) is 49.4 Å². The van der Waals surface area contributed by atoms with E-state index in [0.29, 0.717) is 0 Å². The molecule has 1 amide bonds. The molecule has 2 heterocycles. The lowest BCUT2D eigenvalue weighted by molar-refractivity contribution is -0.134. The molecule has 1 N–H and O–H groups in total. The van der Waals surface area contributed by atoms with E-state index >= 15 is 0 Å². The molecule has 2 fully saturated rings. The molecule has 1 atom stereocenters. The molecular weight excluding hydrogens is 377 g/mol. The van der Waals surface area contributed by atoms with Crippen LogP contribution in [-0.2, 0) is 11.3 Å². The number of thioether (sulfide) groups is 1. The number of benzene rings is 1. The lowest BCUT2D eigenvalue weighted by atomic mass is 10.2. The minimum Gasteiger partial charge on any atom is -0.339 e. The number of nitrogens with zero attached hydrogens (tertiary/aromatic N) is 2. The Kier molecular flexibility index (Phi) is 9.04. The van der Waals surface area contributed by atoms with Gasteiger partial charge in [-0.3, -0.25) is 15.0 Å². The highest BCUT2D eigenvalue weighted by Crippen LogP contribution is 2.15. The van der Waals surface area contributed by atoms with Crippen molar-refractivity contribution in [2.24, 2.45) is 0 Å². The molecule has 2 aliphatic heterocycles. The molecule has 1 aromatic rings. The van der Waals surface area contributed by atoms with Gasteiger partial charge in [0.1, 0.15) is 0 Å². The van der Waals surface area contributed by atoms with Crippen molar-refractivity contribution >= 4 is 54.1 Å². The van der Waals surface area contributed by atoms with Crippen LogP contribution in [0.2, 0.25) is 5.02 Å². The second kappa shape index (κ2) is 9.97. The Balaban J connectivity index is 0.00000132. The topological polar surface area (TPSA) is 35.6 Å². The van der Waals surface area contributed by atoms with Gasteiger partial charge in [0.15, 0.2) is 0 Å². The third-order valence-electron chi connectivity index (χ3n) is 4.02. The van der Waals surface area contributed by atoms with Crippen molar-refractivity contribution in [3.05, 3.63) is 34.9 Å². The largest absolute Gasteiger partial charge is 0.339 e. The number of rotatable bonds is 3. The van der Waals surface area contributed by atoms with E-state index in [1.807, 2.05) is 17.0 Å². The van der Waals surface area contributed by atoms with Gasteiger partial charge in [-0.25, -0.2) is 0 Å². The van der Waals surface area contributed by atoms with Crippen LogP contribution in [0.1, 0.15) is 5.56 Å². The molecule has 0 radical (unpaired) electrons. The highest BCUT2D eigenvalue weighted by molar-refractivity contribution is 7.99. The number of amides is 1. The monoisotopic (exact) mass is 397 g/mol. The first-order valence-electron chi connectivity index (χ1n) is 7.29. The smallest absolute Gasteiger partial charge is 0.240 e. The molecule has 0 aromatic heterocycles. The highest BCUT2D eigenvalue weighted by atomic mass is 35.5. The number of carbonyl (C=O) groups excluding carboxylic acids is 1. The van der Waals surface area contributed by atoms with Gasteiger partial charge >= 0.3 is 0 Å². The molecular formula is C15H22Cl3N3OS. The summed E-state index contributed by atoms with van der Waals surface area (Å²) in [6.45, 7) is 4.46. The summed E-state index contributed by atoms with van der Waals surface area (Å²) in [5.41, 5.74) is 1.27. The van der Waals surface area contributed by atoms with Crippen molar-refractivity contribution in [2.45, 2.75) is 12.6 Å². The molecule has 23 heavy (non-hydrogen) atoms. The summed E-state index contributed by atoms with van der Waals surface area (Å²) in [5.74, 6) is 2.07. The van der Waals surface area contributed by atoms with Crippen LogP contribution in [0.5, 0.6) is 0 Å². The third kappa shape index (κ3) is 5.69. The van der Waals surface area contributed by atoms with Crippen LogP contribution in [0, 0.1) is 0 Å². The summed E-state index contributed by atoms with van der Waals surface area (Å²) >= 11 is 7.70. The molecule has 1 unspecified atom stereocenters. The number of nitrogens with one attached hydrogen (secondary N) is 1. The van der Waals surface area contributed by atoms with Gasteiger partial charge in [-0.2, -0.15) is 0 Å². The maximum atomic E-state index is 12.3. The van der Waals surface area contributed by atoms with Crippen molar-refractivity contribution in [1.82, 2.24) is 15.1 Å². The van der Waals surface area contributed by atoms with E-state index in [2.05, 4.69) is 22.3 Å². The van der Waals surface area contributed by atoms with Gasteiger partial charge in [-0.05, 0) is 17.7 Å². The number of hydrogen-bond acceptors (Lipinski definition) is 4. The molecule has 0 bridgehead atoms. The molecule has 0 aliphatic carbocycles. The Morgan fingerprint density at radius 2 is 1.83 bits per heavy atom. The second-order valence-corrected chi connectivity index (χ2v) is 6.97. The molecule has 4 nitrogen and oxygen atoms in total. The molecule has 2 saturated heterocycles. The fourth-order valence-electron chi connectivity index (χ4n) is 2.75. The minimum atomic E-state index is 0. The zero-order valence-corrected chi connectivity index (χ0v) is 15.9. The molecule has 0 spiro atoms. The summed E-state index contributed by atoms with van der Waals surface area (Å²) in [4.78, 5) is 16.7. The first-order valence-corrected chi connectivity index (χ1v) is 8.82. The molecule has 130 valence electrons. The average Bonchev–Trinajstić information content (AvgIpc) is 3.04. The van der Waals surface area contributed by atoms with Crippen LogP contribution >= 0.6 is 48.2 Å². The van der Waals surface area contributed by atoms with Gasteiger partial charge in [0, 0.05) is 49.4 Å². The Morgan fingerprint density at radius 3 is 2.39 bits per heavy atom. The Morgan fingerprint density at radius 1 is 1.17 bits per heavy atom. The van der Waals surface area contributed by atoms with Gasteiger partial charge < -0.3 is 4.90 Å². The van der Waals surface area contributed by atoms with E-state index in [4.69, 9.17) is 11.6 Å². The zero-order chi connectivity index (χ0) is 14.7. The number of carbonyl (C=O) groups is 1. The van der Waals surface area contributed by atoms with Crippen molar-refractivity contribution < 1.29 is 4.79 Å². The maximum Gasteiger partial charge on any atom is 0.240 e. The maximum absolute atomic E-state index is 12.3. The first-order chi connectivity index (χ1) is 10.2. The Hall–Kier alpha value is -0.170. The van der Waals surface area contributed by atoms with Crippen LogP contribution in [0.15, 0.2) is 24.3 Å². The van der Waals surface area contributed by atoms with Crippen LogP contribution in [0.4, 0.5) is 0 Å². The molecule has 2 aliphatic rings. The quantitative estimate of drug-likeness (QED) is 0.848. The first kappa shape index (κ1) is 20.9. The molecule has 3 rings (SSSR count). The molecule has 8 heteroatoms. The van der Waals surface area contributed by atoms with Gasteiger partial charge in [-0.1, -0.05) is 23.7 Å². The summed E-state index contributed by atoms with van der Waals surface area (Å²) in [5, 5.41) is 4.03. The van der Waals surface area contributed by atoms with Gasteiger partial charge in [-0.15, -0.1) is 36.6 Å². The number of piperazine rings is 1. The number of halogens is 3. The molecule has 1 aromatic carbocycles. The van der Waals surface area contributed by atoms with Crippen molar-refractivity contribution in [3.8, 4) is 0 Å². The SMILES string of the molecule is Cl.Cl.O=C(C1CSCN1)N1CCN(Cc2ccc(Cl)cc2)CC1. The van der Waals surface area contributed by atoms with Crippen LogP contribution in [-0.4, -0.2) is 59.6 Å². The van der Waals surface area contributed by atoms with E-state index in [1.54, 1.807) is 11.8 Å². The average molecular weight is 399 g/mol. The fourth-order valence-corrected chi connectivity index (χ4v) is 3.81. The molecule has 0 saturated carbocycles. The van der Waals surface area contributed by atoms with Crippen LogP contribution in [0.3, 0.4) is 0 Å². The van der Waals surface area contributed by atoms with Crippen molar-refractivity contribution in [1.29, 1.82) is 0 Å². The summed E-state index contributed by atoms with van der Waals surface area (Å²) in [6.07, 6.45) is 0. The Labute approximate surface area is 159 Å².